The maximum atomic E-state index is 13.0. The number of amides is 1. The van der Waals surface area contributed by atoms with Crippen LogP contribution in [0.5, 0.6) is 0 Å². The summed E-state index contributed by atoms with van der Waals surface area (Å²) in [6, 6.07) is 7.07. The van der Waals surface area contributed by atoms with E-state index in [1.165, 1.54) is 19.1 Å². The zero-order valence-corrected chi connectivity index (χ0v) is 12.7. The van der Waals surface area contributed by atoms with Crippen molar-refractivity contribution in [1.29, 1.82) is 0 Å². The molecule has 1 aromatic heterocycles. The van der Waals surface area contributed by atoms with Crippen molar-refractivity contribution in [3.63, 3.8) is 0 Å². The lowest BCUT2D eigenvalue weighted by Crippen LogP contribution is -2.30. The summed E-state index contributed by atoms with van der Waals surface area (Å²) < 4.78 is 19.7. The molecule has 0 saturated heterocycles. The molecule has 1 atom stereocenters. The molecule has 0 fully saturated rings. The lowest BCUT2D eigenvalue weighted by atomic mass is 10.3. The summed E-state index contributed by atoms with van der Waals surface area (Å²) in [5.41, 5.74) is 0.655. The highest BCUT2D eigenvalue weighted by Gasteiger charge is 2.20. The number of hydrogen-bond donors (Lipinski definition) is 1. The van der Waals surface area contributed by atoms with Gasteiger partial charge in [-0.25, -0.2) is 9.18 Å². The minimum atomic E-state index is -1.01. The third-order valence-electron chi connectivity index (χ3n) is 2.99. The number of hydrogen-bond acceptors (Lipinski definition) is 3. The van der Waals surface area contributed by atoms with Crippen molar-refractivity contribution in [2.24, 2.45) is 7.05 Å². The Morgan fingerprint density at radius 2 is 2.09 bits per heavy atom. The number of aryl methyl sites for hydroxylation is 1. The zero-order valence-electron chi connectivity index (χ0n) is 12.0. The predicted molar refractivity (Wildman–Crippen MR) is 80.3 cm³/mol. The van der Waals surface area contributed by atoms with Gasteiger partial charge in [0, 0.05) is 18.9 Å². The third-order valence-corrected chi connectivity index (χ3v) is 3.28. The fraction of sp³-hybridized carbons (Fsp3) is 0.200. The molecular weight excluding hydrogens is 311 g/mol. The maximum absolute atomic E-state index is 13.0. The molecule has 22 heavy (non-hydrogen) atoms. The van der Waals surface area contributed by atoms with Crippen molar-refractivity contribution in [3.05, 3.63) is 53.1 Å². The highest BCUT2D eigenvalue weighted by Crippen LogP contribution is 2.19. The normalized spacial score (nSPS) is 11.8. The number of benzene rings is 1. The molecule has 116 valence electrons. The van der Waals surface area contributed by atoms with Gasteiger partial charge >= 0.3 is 5.97 Å². The van der Waals surface area contributed by atoms with Gasteiger partial charge in [0.25, 0.3) is 5.91 Å². The number of esters is 1. The Bertz CT molecular complexity index is 715. The quantitative estimate of drug-likeness (QED) is 0.879. The van der Waals surface area contributed by atoms with Gasteiger partial charge < -0.3 is 14.6 Å². The number of nitrogens with zero attached hydrogens (tertiary/aromatic N) is 1. The monoisotopic (exact) mass is 324 g/mol. The van der Waals surface area contributed by atoms with E-state index in [4.69, 9.17) is 16.3 Å². The van der Waals surface area contributed by atoms with E-state index < -0.39 is 23.8 Å². The van der Waals surface area contributed by atoms with E-state index in [0.29, 0.717) is 11.4 Å². The van der Waals surface area contributed by atoms with Crippen molar-refractivity contribution < 1.29 is 18.7 Å². The lowest BCUT2D eigenvalue weighted by Gasteiger charge is -2.14. The number of anilines is 1. The van der Waals surface area contributed by atoms with E-state index in [2.05, 4.69) is 5.32 Å². The highest BCUT2D eigenvalue weighted by atomic mass is 35.5. The van der Waals surface area contributed by atoms with Gasteiger partial charge in [0.2, 0.25) is 0 Å². The molecule has 0 aliphatic heterocycles. The van der Waals surface area contributed by atoms with Crippen molar-refractivity contribution in [2.45, 2.75) is 13.0 Å². The van der Waals surface area contributed by atoms with Gasteiger partial charge in [-0.15, -0.1) is 0 Å². The molecule has 5 nitrogen and oxygen atoms in total. The first kappa shape index (κ1) is 16.0. The number of rotatable bonds is 4. The van der Waals surface area contributed by atoms with Crippen LogP contribution < -0.4 is 5.32 Å². The Kier molecular flexibility index (Phi) is 4.82. The van der Waals surface area contributed by atoms with Crippen molar-refractivity contribution in [1.82, 2.24) is 4.57 Å². The van der Waals surface area contributed by atoms with Crippen LogP contribution in [0.15, 0.2) is 36.5 Å². The second-order valence-electron chi connectivity index (χ2n) is 4.67. The number of ether oxygens (including phenoxy) is 1. The fourth-order valence-corrected chi connectivity index (χ4v) is 1.95. The molecule has 2 rings (SSSR count). The summed E-state index contributed by atoms with van der Waals surface area (Å²) >= 11 is 5.63. The van der Waals surface area contributed by atoms with Crippen LogP contribution in [0.25, 0.3) is 0 Å². The first-order valence-corrected chi connectivity index (χ1v) is 6.84. The molecule has 2 aromatic rings. The fourth-order valence-electron chi connectivity index (χ4n) is 1.77. The number of carbonyl (C=O) groups is 2. The van der Waals surface area contributed by atoms with Crippen molar-refractivity contribution >= 4 is 29.2 Å². The topological polar surface area (TPSA) is 60.3 Å². The van der Waals surface area contributed by atoms with Gasteiger partial charge in [0.15, 0.2) is 6.10 Å². The Morgan fingerprint density at radius 1 is 1.36 bits per heavy atom. The summed E-state index contributed by atoms with van der Waals surface area (Å²) in [7, 11) is 1.70. The summed E-state index contributed by atoms with van der Waals surface area (Å²) in [6.07, 6.45) is 0.688. The van der Waals surface area contributed by atoms with E-state index in [9.17, 15) is 14.0 Å². The van der Waals surface area contributed by atoms with Crippen LogP contribution in [0.1, 0.15) is 17.4 Å². The molecule has 7 heteroatoms. The average Bonchev–Trinajstić information content (AvgIpc) is 2.89. The molecule has 0 radical (unpaired) electrons. The van der Waals surface area contributed by atoms with E-state index >= 15 is 0 Å². The van der Waals surface area contributed by atoms with Gasteiger partial charge in [-0.2, -0.15) is 0 Å². The van der Waals surface area contributed by atoms with Crippen LogP contribution in [-0.4, -0.2) is 22.5 Å². The second-order valence-corrected chi connectivity index (χ2v) is 5.08. The lowest BCUT2D eigenvalue weighted by molar-refractivity contribution is -0.123. The predicted octanol–water partition coefficient (Wildman–Crippen LogP) is 3.00. The van der Waals surface area contributed by atoms with Crippen LogP contribution in [0.4, 0.5) is 10.1 Å². The van der Waals surface area contributed by atoms with Crippen LogP contribution in [0, 0.1) is 5.82 Å². The van der Waals surface area contributed by atoms with Crippen LogP contribution in [0.3, 0.4) is 0 Å². The summed E-state index contributed by atoms with van der Waals surface area (Å²) in [6.45, 7) is 1.45. The Balaban J connectivity index is 1.98. The van der Waals surface area contributed by atoms with Crippen molar-refractivity contribution in [2.75, 3.05) is 5.32 Å². The largest absolute Gasteiger partial charge is 0.448 e. The Morgan fingerprint density at radius 3 is 2.68 bits per heavy atom. The second kappa shape index (κ2) is 6.62. The van der Waals surface area contributed by atoms with Crippen LogP contribution in [-0.2, 0) is 16.6 Å². The number of nitrogens with one attached hydrogen (secondary N) is 1. The van der Waals surface area contributed by atoms with Crippen LogP contribution in [0.2, 0.25) is 5.02 Å². The Labute approximate surface area is 131 Å². The molecule has 0 bridgehead atoms. The molecule has 0 saturated carbocycles. The van der Waals surface area contributed by atoms with E-state index in [1.54, 1.807) is 29.9 Å². The number of aromatic nitrogens is 1. The average molecular weight is 325 g/mol. The third kappa shape index (κ3) is 3.65. The minimum absolute atomic E-state index is 0.105. The maximum Gasteiger partial charge on any atom is 0.355 e. The zero-order chi connectivity index (χ0) is 16.3. The SMILES string of the molecule is C[C@@H](OC(=O)c1cccn1C)C(=O)Nc1ccc(F)c(Cl)c1. The molecule has 0 aliphatic rings. The molecule has 1 N–H and O–H groups in total. The molecule has 0 unspecified atom stereocenters. The number of carbonyl (C=O) groups excluding carboxylic acids is 2. The van der Waals surface area contributed by atoms with Crippen LogP contribution >= 0.6 is 11.6 Å². The Hall–Kier alpha value is -2.34. The van der Waals surface area contributed by atoms with Gasteiger partial charge in [0.1, 0.15) is 11.5 Å². The molecular formula is C15H14ClFN2O3. The minimum Gasteiger partial charge on any atom is -0.448 e. The van der Waals surface area contributed by atoms with E-state index in [-0.39, 0.29) is 5.02 Å². The molecule has 1 amide bonds. The van der Waals surface area contributed by atoms with Crippen molar-refractivity contribution in [3.8, 4) is 0 Å². The van der Waals surface area contributed by atoms with E-state index in [1.807, 2.05) is 0 Å². The highest BCUT2D eigenvalue weighted by molar-refractivity contribution is 6.31. The summed E-state index contributed by atoms with van der Waals surface area (Å²) in [5.74, 6) is -1.72. The molecule has 0 aliphatic carbocycles. The molecule has 1 aromatic carbocycles. The first-order valence-electron chi connectivity index (χ1n) is 6.46. The number of halogens is 2. The first-order chi connectivity index (χ1) is 10.4. The summed E-state index contributed by atoms with van der Waals surface area (Å²) in [4.78, 5) is 23.9. The van der Waals surface area contributed by atoms with Gasteiger partial charge in [0.05, 0.1) is 5.02 Å². The molecule has 1 heterocycles. The smallest absolute Gasteiger partial charge is 0.355 e. The van der Waals surface area contributed by atoms with Gasteiger partial charge in [-0.1, -0.05) is 11.6 Å². The van der Waals surface area contributed by atoms with E-state index in [0.717, 1.165) is 6.07 Å². The molecule has 0 spiro atoms. The van der Waals surface area contributed by atoms with Gasteiger partial charge in [-0.05, 0) is 37.3 Å². The standard InChI is InChI=1S/C15H14ClFN2O3/c1-9(22-15(21)13-4-3-7-19(13)2)14(20)18-10-5-6-12(17)11(16)8-10/h3-9H,1-2H3,(H,18,20)/t9-/m1/s1. The van der Waals surface area contributed by atoms with Gasteiger partial charge in [-0.3, -0.25) is 4.79 Å². The summed E-state index contributed by atoms with van der Waals surface area (Å²) in [5, 5.41) is 2.40.